The van der Waals surface area contributed by atoms with Gasteiger partial charge >= 0.3 is 11.9 Å². The smallest absolute Gasteiger partial charge is 0.323 e. The van der Waals surface area contributed by atoms with Gasteiger partial charge in [0.1, 0.15) is 11.5 Å². The number of cyclic esters (lactones) is 2. The number of hydrogen-bond acceptors (Lipinski definition) is 6. The minimum atomic E-state index is -1.22. The highest BCUT2D eigenvalue weighted by Crippen LogP contribution is 2.30. The molecule has 0 amide bonds. The van der Waals surface area contributed by atoms with Crippen LogP contribution in [0.25, 0.3) is 0 Å². The number of carbonyl (C=O) groups is 2. The Bertz CT molecular complexity index is 543. The van der Waals surface area contributed by atoms with Gasteiger partial charge in [-0.25, -0.2) is 0 Å². The lowest BCUT2D eigenvalue weighted by Gasteiger charge is -2.33. The average molecular weight is 294 g/mol. The molecular formula is C15H18O6. The van der Waals surface area contributed by atoms with Crippen molar-refractivity contribution in [1.29, 1.82) is 0 Å². The van der Waals surface area contributed by atoms with E-state index in [0.29, 0.717) is 17.1 Å². The fourth-order valence-corrected chi connectivity index (χ4v) is 2.17. The summed E-state index contributed by atoms with van der Waals surface area (Å²) in [6, 6.07) is 5.18. The Balaban J connectivity index is 2.25. The predicted octanol–water partition coefficient (Wildman–Crippen LogP) is 1.70. The molecule has 2 rings (SSSR count). The maximum Gasteiger partial charge on any atom is 0.323 e. The third-order valence-electron chi connectivity index (χ3n) is 3.17. The van der Waals surface area contributed by atoms with E-state index in [2.05, 4.69) is 0 Å². The zero-order valence-corrected chi connectivity index (χ0v) is 12.5. The van der Waals surface area contributed by atoms with Crippen molar-refractivity contribution < 1.29 is 28.5 Å². The van der Waals surface area contributed by atoms with Gasteiger partial charge in [-0.05, 0) is 23.8 Å². The van der Waals surface area contributed by atoms with Gasteiger partial charge in [-0.3, -0.25) is 9.59 Å². The first-order valence-corrected chi connectivity index (χ1v) is 6.53. The SMILES string of the molecule is COc1ccc(OC)c(CC2C(=O)OC(C)(C)OC2=O)c1. The second-order valence-corrected chi connectivity index (χ2v) is 5.18. The summed E-state index contributed by atoms with van der Waals surface area (Å²) in [4.78, 5) is 24.0. The normalized spacial score (nSPS) is 17.9. The van der Waals surface area contributed by atoms with Crippen LogP contribution in [0.3, 0.4) is 0 Å². The van der Waals surface area contributed by atoms with Gasteiger partial charge in [0.25, 0.3) is 5.79 Å². The Kier molecular flexibility index (Phi) is 4.06. The van der Waals surface area contributed by atoms with E-state index in [-0.39, 0.29) is 6.42 Å². The number of carbonyl (C=O) groups excluding carboxylic acids is 2. The zero-order chi connectivity index (χ0) is 15.6. The molecule has 0 aliphatic carbocycles. The summed E-state index contributed by atoms with van der Waals surface area (Å²) in [6.07, 6.45) is 0.133. The minimum Gasteiger partial charge on any atom is -0.497 e. The first-order valence-electron chi connectivity index (χ1n) is 6.53. The van der Waals surface area contributed by atoms with Crippen molar-refractivity contribution in [2.45, 2.75) is 26.1 Å². The van der Waals surface area contributed by atoms with Gasteiger partial charge in [-0.1, -0.05) is 0 Å². The molecular weight excluding hydrogens is 276 g/mol. The molecule has 0 aromatic heterocycles. The standard InChI is InChI=1S/C15H18O6/c1-15(2)20-13(16)11(14(17)21-15)8-9-7-10(18-3)5-6-12(9)19-4/h5-7,11H,8H2,1-4H3. The molecule has 0 N–H and O–H groups in total. The summed E-state index contributed by atoms with van der Waals surface area (Å²) in [5, 5.41) is 0. The quantitative estimate of drug-likeness (QED) is 0.622. The number of ether oxygens (including phenoxy) is 4. The van der Waals surface area contributed by atoms with Crippen LogP contribution in [0, 0.1) is 5.92 Å². The van der Waals surface area contributed by atoms with Crippen LogP contribution in [-0.4, -0.2) is 31.9 Å². The summed E-state index contributed by atoms with van der Waals surface area (Å²) in [6.45, 7) is 3.04. The molecule has 6 heteroatoms. The average Bonchev–Trinajstić information content (AvgIpc) is 2.41. The molecule has 0 spiro atoms. The molecule has 0 unspecified atom stereocenters. The Labute approximate surface area is 122 Å². The van der Waals surface area contributed by atoms with Gasteiger partial charge in [0.05, 0.1) is 14.2 Å². The lowest BCUT2D eigenvalue weighted by Crippen LogP contribution is -2.46. The molecule has 0 atom stereocenters. The zero-order valence-electron chi connectivity index (χ0n) is 12.5. The van der Waals surface area contributed by atoms with Crippen LogP contribution in [-0.2, 0) is 25.5 Å². The summed E-state index contributed by atoms with van der Waals surface area (Å²) in [5.74, 6) is -2.23. The van der Waals surface area contributed by atoms with Crippen molar-refractivity contribution in [2.75, 3.05) is 14.2 Å². The number of benzene rings is 1. The molecule has 1 aromatic rings. The van der Waals surface area contributed by atoms with Gasteiger partial charge in [0.15, 0.2) is 5.92 Å². The Morgan fingerprint density at radius 1 is 1.10 bits per heavy atom. The molecule has 1 fully saturated rings. The van der Waals surface area contributed by atoms with E-state index >= 15 is 0 Å². The number of hydrogen-bond donors (Lipinski definition) is 0. The molecule has 1 aliphatic heterocycles. The van der Waals surface area contributed by atoms with Crippen molar-refractivity contribution in [2.24, 2.45) is 5.92 Å². The monoisotopic (exact) mass is 294 g/mol. The van der Waals surface area contributed by atoms with E-state index in [1.54, 1.807) is 18.2 Å². The van der Waals surface area contributed by atoms with Gasteiger partial charge < -0.3 is 18.9 Å². The lowest BCUT2D eigenvalue weighted by atomic mass is 9.97. The molecule has 114 valence electrons. The van der Waals surface area contributed by atoms with E-state index in [0.717, 1.165) is 0 Å². The first kappa shape index (κ1) is 15.2. The summed E-state index contributed by atoms with van der Waals surface area (Å²) in [5.41, 5.74) is 0.676. The van der Waals surface area contributed by atoms with E-state index in [4.69, 9.17) is 18.9 Å². The molecule has 6 nitrogen and oxygen atoms in total. The van der Waals surface area contributed by atoms with Crippen LogP contribution >= 0.6 is 0 Å². The Hall–Kier alpha value is -2.24. The highest BCUT2D eigenvalue weighted by Gasteiger charge is 2.43. The van der Waals surface area contributed by atoms with Crippen LogP contribution in [0.5, 0.6) is 11.5 Å². The van der Waals surface area contributed by atoms with E-state index < -0.39 is 23.6 Å². The lowest BCUT2D eigenvalue weighted by molar-refractivity contribution is -0.239. The number of esters is 2. The van der Waals surface area contributed by atoms with Crippen molar-refractivity contribution >= 4 is 11.9 Å². The summed E-state index contributed by atoms with van der Waals surface area (Å²) >= 11 is 0. The maximum atomic E-state index is 12.0. The van der Waals surface area contributed by atoms with Crippen LogP contribution in [0.4, 0.5) is 0 Å². The highest BCUT2D eigenvalue weighted by atomic mass is 16.7. The molecule has 21 heavy (non-hydrogen) atoms. The third-order valence-corrected chi connectivity index (χ3v) is 3.17. The van der Waals surface area contributed by atoms with Crippen molar-refractivity contribution in [1.82, 2.24) is 0 Å². The molecule has 0 radical (unpaired) electrons. The van der Waals surface area contributed by atoms with E-state index in [1.165, 1.54) is 28.1 Å². The fraction of sp³-hybridized carbons (Fsp3) is 0.467. The van der Waals surface area contributed by atoms with Crippen LogP contribution in [0.2, 0.25) is 0 Å². The van der Waals surface area contributed by atoms with Crippen LogP contribution in [0.15, 0.2) is 18.2 Å². The van der Waals surface area contributed by atoms with Crippen molar-refractivity contribution in [3.8, 4) is 11.5 Å². The number of methoxy groups -OCH3 is 2. The van der Waals surface area contributed by atoms with Crippen LogP contribution < -0.4 is 9.47 Å². The number of rotatable bonds is 4. The molecule has 1 aliphatic rings. The second-order valence-electron chi connectivity index (χ2n) is 5.18. The van der Waals surface area contributed by atoms with Crippen molar-refractivity contribution in [3.05, 3.63) is 23.8 Å². The predicted molar refractivity (Wildman–Crippen MR) is 73.0 cm³/mol. The topological polar surface area (TPSA) is 71.1 Å². The molecule has 1 aromatic carbocycles. The van der Waals surface area contributed by atoms with Crippen molar-refractivity contribution in [3.63, 3.8) is 0 Å². The molecule has 1 heterocycles. The third kappa shape index (κ3) is 3.26. The van der Waals surface area contributed by atoms with E-state index in [1.807, 2.05) is 0 Å². The fourth-order valence-electron chi connectivity index (χ4n) is 2.17. The second kappa shape index (κ2) is 5.63. The minimum absolute atomic E-state index is 0.133. The molecule has 0 saturated carbocycles. The van der Waals surface area contributed by atoms with Gasteiger partial charge in [-0.15, -0.1) is 0 Å². The molecule has 1 saturated heterocycles. The largest absolute Gasteiger partial charge is 0.497 e. The van der Waals surface area contributed by atoms with Crippen LogP contribution in [0.1, 0.15) is 19.4 Å². The van der Waals surface area contributed by atoms with Gasteiger partial charge in [-0.2, -0.15) is 0 Å². The van der Waals surface area contributed by atoms with Gasteiger partial charge in [0, 0.05) is 20.3 Å². The highest BCUT2D eigenvalue weighted by molar-refractivity contribution is 5.97. The summed E-state index contributed by atoms with van der Waals surface area (Å²) < 4.78 is 20.6. The summed E-state index contributed by atoms with van der Waals surface area (Å²) in [7, 11) is 3.06. The molecule has 0 bridgehead atoms. The Morgan fingerprint density at radius 2 is 1.71 bits per heavy atom. The first-order chi connectivity index (χ1) is 9.86. The van der Waals surface area contributed by atoms with Gasteiger partial charge in [0.2, 0.25) is 0 Å². The Morgan fingerprint density at radius 3 is 2.24 bits per heavy atom. The van der Waals surface area contributed by atoms with E-state index in [9.17, 15) is 9.59 Å². The maximum absolute atomic E-state index is 12.0.